The number of rotatable bonds is 3. The summed E-state index contributed by atoms with van der Waals surface area (Å²) in [5, 5.41) is 3.58. The van der Waals surface area contributed by atoms with Crippen molar-refractivity contribution in [1.82, 2.24) is 10.3 Å². The Bertz CT molecular complexity index is 596. The topological polar surface area (TPSA) is 42.0 Å². The first-order valence-electron chi connectivity index (χ1n) is 5.97. The molecular weight excluding hydrogens is 231 g/mol. The van der Waals surface area contributed by atoms with Gasteiger partial charge in [0.05, 0.1) is 16.8 Å². The lowest BCUT2D eigenvalue weighted by molar-refractivity contribution is 0.0953. The van der Waals surface area contributed by atoms with Crippen molar-refractivity contribution in [3.63, 3.8) is 0 Å². The zero-order chi connectivity index (χ0) is 13.1. The van der Waals surface area contributed by atoms with Crippen molar-refractivity contribution in [2.75, 3.05) is 6.54 Å². The molecule has 0 fully saturated rings. The van der Waals surface area contributed by atoms with Crippen LogP contribution >= 0.6 is 0 Å². The Kier molecular flexibility index (Phi) is 3.55. The number of halogens is 1. The molecule has 4 heteroatoms. The number of hydrogen-bond acceptors (Lipinski definition) is 2. The standard InChI is InChI=1S/C14H15FN2O/c1-3-6-16-14(18)12-7-10-4-5-11(15)8-13(10)17-9(12)2/h4-5,7-8H,3,6H2,1-2H3,(H,16,18). The largest absolute Gasteiger partial charge is 0.352 e. The third-order valence-electron chi connectivity index (χ3n) is 2.75. The van der Waals surface area contributed by atoms with E-state index >= 15 is 0 Å². The van der Waals surface area contributed by atoms with Crippen molar-refractivity contribution >= 4 is 16.8 Å². The maximum atomic E-state index is 13.1. The number of carbonyl (C=O) groups excluding carboxylic acids is 1. The van der Waals surface area contributed by atoms with Gasteiger partial charge in [0.2, 0.25) is 0 Å². The first-order valence-corrected chi connectivity index (χ1v) is 5.97. The Morgan fingerprint density at radius 1 is 1.39 bits per heavy atom. The Morgan fingerprint density at radius 2 is 2.17 bits per heavy atom. The van der Waals surface area contributed by atoms with Gasteiger partial charge in [0.25, 0.3) is 5.91 Å². The minimum absolute atomic E-state index is 0.131. The molecule has 1 aromatic carbocycles. The van der Waals surface area contributed by atoms with Crippen LogP contribution in [-0.2, 0) is 0 Å². The third-order valence-corrected chi connectivity index (χ3v) is 2.75. The number of carbonyl (C=O) groups is 1. The summed E-state index contributed by atoms with van der Waals surface area (Å²) < 4.78 is 13.1. The summed E-state index contributed by atoms with van der Waals surface area (Å²) in [5.74, 6) is -0.453. The van der Waals surface area contributed by atoms with Gasteiger partial charge in [-0.2, -0.15) is 0 Å². The molecule has 0 aliphatic rings. The molecule has 1 amide bonds. The van der Waals surface area contributed by atoms with Gasteiger partial charge >= 0.3 is 0 Å². The van der Waals surface area contributed by atoms with E-state index in [4.69, 9.17) is 0 Å². The van der Waals surface area contributed by atoms with Crippen LogP contribution in [0.2, 0.25) is 0 Å². The SMILES string of the molecule is CCCNC(=O)c1cc2ccc(F)cc2nc1C. The number of hydrogen-bond donors (Lipinski definition) is 1. The van der Waals surface area contributed by atoms with Crippen LogP contribution in [0.25, 0.3) is 10.9 Å². The van der Waals surface area contributed by atoms with E-state index in [0.29, 0.717) is 23.3 Å². The fourth-order valence-electron chi connectivity index (χ4n) is 1.80. The van der Waals surface area contributed by atoms with Crippen molar-refractivity contribution in [2.45, 2.75) is 20.3 Å². The highest BCUT2D eigenvalue weighted by Gasteiger charge is 2.11. The Balaban J connectivity index is 2.43. The highest BCUT2D eigenvalue weighted by Crippen LogP contribution is 2.17. The molecule has 1 aromatic heterocycles. The second-order valence-electron chi connectivity index (χ2n) is 4.21. The normalized spacial score (nSPS) is 10.6. The van der Waals surface area contributed by atoms with Gasteiger partial charge < -0.3 is 5.32 Å². The van der Waals surface area contributed by atoms with E-state index < -0.39 is 0 Å². The van der Waals surface area contributed by atoms with Crippen LogP contribution in [0, 0.1) is 12.7 Å². The first kappa shape index (κ1) is 12.5. The van der Waals surface area contributed by atoms with Gasteiger partial charge in [-0.15, -0.1) is 0 Å². The number of pyridine rings is 1. The van der Waals surface area contributed by atoms with Gasteiger partial charge in [0.1, 0.15) is 5.82 Å². The maximum Gasteiger partial charge on any atom is 0.253 e. The molecule has 3 nitrogen and oxygen atoms in total. The van der Waals surface area contributed by atoms with Crippen molar-refractivity contribution in [3.8, 4) is 0 Å². The molecule has 1 heterocycles. The highest BCUT2D eigenvalue weighted by atomic mass is 19.1. The minimum Gasteiger partial charge on any atom is -0.352 e. The summed E-state index contributed by atoms with van der Waals surface area (Å²) in [7, 11) is 0. The van der Waals surface area contributed by atoms with Crippen LogP contribution in [0.3, 0.4) is 0 Å². The van der Waals surface area contributed by atoms with Gasteiger partial charge in [0, 0.05) is 18.0 Å². The predicted molar refractivity (Wildman–Crippen MR) is 69.1 cm³/mol. The van der Waals surface area contributed by atoms with Crippen LogP contribution in [0.5, 0.6) is 0 Å². The smallest absolute Gasteiger partial charge is 0.253 e. The zero-order valence-electron chi connectivity index (χ0n) is 10.5. The molecule has 0 unspecified atom stereocenters. The molecule has 0 saturated heterocycles. The molecule has 2 rings (SSSR count). The van der Waals surface area contributed by atoms with E-state index in [9.17, 15) is 9.18 Å². The summed E-state index contributed by atoms with van der Waals surface area (Å²) in [4.78, 5) is 16.2. The van der Waals surface area contributed by atoms with Crippen LogP contribution in [-0.4, -0.2) is 17.4 Å². The second kappa shape index (κ2) is 5.12. The monoisotopic (exact) mass is 246 g/mol. The number of amides is 1. The molecule has 0 radical (unpaired) electrons. The Morgan fingerprint density at radius 3 is 2.89 bits per heavy atom. The molecule has 2 aromatic rings. The second-order valence-corrected chi connectivity index (χ2v) is 4.21. The third kappa shape index (κ3) is 2.47. The Labute approximate surface area is 105 Å². The molecule has 18 heavy (non-hydrogen) atoms. The van der Waals surface area contributed by atoms with Crippen LogP contribution in [0.4, 0.5) is 4.39 Å². The predicted octanol–water partition coefficient (Wildman–Crippen LogP) is 2.82. The van der Waals surface area contributed by atoms with E-state index in [1.807, 2.05) is 6.92 Å². The van der Waals surface area contributed by atoms with Crippen molar-refractivity contribution in [1.29, 1.82) is 0 Å². The van der Waals surface area contributed by atoms with E-state index in [-0.39, 0.29) is 11.7 Å². The van der Waals surface area contributed by atoms with E-state index in [1.165, 1.54) is 12.1 Å². The summed E-state index contributed by atoms with van der Waals surface area (Å²) in [6.45, 7) is 4.39. The van der Waals surface area contributed by atoms with Gasteiger partial charge in [-0.1, -0.05) is 6.92 Å². The number of aromatic nitrogens is 1. The lowest BCUT2D eigenvalue weighted by Gasteiger charge is -2.08. The molecule has 1 N–H and O–H groups in total. The number of benzene rings is 1. The number of fused-ring (bicyclic) bond motifs is 1. The molecule has 0 atom stereocenters. The summed E-state index contributed by atoms with van der Waals surface area (Å²) in [5.41, 5.74) is 1.73. The van der Waals surface area contributed by atoms with E-state index in [2.05, 4.69) is 10.3 Å². The Hall–Kier alpha value is -1.97. The maximum absolute atomic E-state index is 13.1. The number of nitrogens with one attached hydrogen (secondary N) is 1. The van der Waals surface area contributed by atoms with Crippen LogP contribution < -0.4 is 5.32 Å². The van der Waals surface area contributed by atoms with Gasteiger partial charge in [-0.3, -0.25) is 9.78 Å². The zero-order valence-corrected chi connectivity index (χ0v) is 10.5. The van der Waals surface area contributed by atoms with Gasteiger partial charge in [-0.25, -0.2) is 4.39 Å². The molecule has 94 valence electrons. The average molecular weight is 246 g/mol. The number of nitrogens with zero attached hydrogens (tertiary/aromatic N) is 1. The molecule has 0 saturated carbocycles. The first-order chi connectivity index (χ1) is 8.61. The molecule has 0 aliphatic carbocycles. The van der Waals surface area contributed by atoms with Crippen molar-refractivity contribution in [3.05, 3.63) is 41.3 Å². The van der Waals surface area contributed by atoms with Crippen LogP contribution in [0.1, 0.15) is 29.4 Å². The minimum atomic E-state index is -0.322. The lowest BCUT2D eigenvalue weighted by Crippen LogP contribution is -2.25. The van der Waals surface area contributed by atoms with E-state index in [0.717, 1.165) is 11.8 Å². The fourth-order valence-corrected chi connectivity index (χ4v) is 1.80. The quantitative estimate of drug-likeness (QED) is 0.904. The summed E-state index contributed by atoms with van der Waals surface area (Å²) in [6, 6.07) is 6.12. The number of aryl methyl sites for hydroxylation is 1. The summed E-state index contributed by atoms with van der Waals surface area (Å²) >= 11 is 0. The molecular formula is C14H15FN2O. The average Bonchev–Trinajstić information content (AvgIpc) is 2.35. The van der Waals surface area contributed by atoms with Crippen molar-refractivity contribution in [2.24, 2.45) is 0 Å². The van der Waals surface area contributed by atoms with E-state index in [1.54, 1.807) is 19.1 Å². The van der Waals surface area contributed by atoms with Crippen LogP contribution in [0.15, 0.2) is 24.3 Å². The van der Waals surface area contributed by atoms with Gasteiger partial charge in [0.15, 0.2) is 0 Å². The lowest BCUT2D eigenvalue weighted by atomic mass is 10.1. The highest BCUT2D eigenvalue weighted by molar-refractivity contribution is 5.98. The fraction of sp³-hybridized carbons (Fsp3) is 0.286. The van der Waals surface area contributed by atoms with Crippen molar-refractivity contribution < 1.29 is 9.18 Å². The summed E-state index contributed by atoms with van der Waals surface area (Å²) in [6.07, 6.45) is 0.886. The molecule has 0 aliphatic heterocycles. The molecule has 0 spiro atoms. The van der Waals surface area contributed by atoms with Gasteiger partial charge in [-0.05, 0) is 31.5 Å². The molecule has 0 bridgehead atoms.